The van der Waals surface area contributed by atoms with Gasteiger partial charge in [-0.1, -0.05) is 12.1 Å². The average Bonchev–Trinajstić information content (AvgIpc) is 2.96. The molecule has 2 aromatic rings. The summed E-state index contributed by atoms with van der Waals surface area (Å²) in [6, 6.07) is 11.1. The maximum atomic E-state index is 12.9. The first kappa shape index (κ1) is 22.6. The van der Waals surface area contributed by atoms with Crippen LogP contribution in [-0.2, 0) is 16.6 Å². The molecule has 2 aliphatic rings. The third kappa shape index (κ3) is 4.34. The van der Waals surface area contributed by atoms with E-state index in [0.717, 1.165) is 17.8 Å². The molecular formula is C24H31N3O4S. The van der Waals surface area contributed by atoms with Crippen LogP contribution >= 0.6 is 0 Å². The zero-order chi connectivity index (χ0) is 23.1. The third-order valence-electron chi connectivity index (χ3n) is 6.17. The number of aryl methyl sites for hydroxylation is 1. The normalized spacial score (nSPS) is 25.0. The Hall–Kier alpha value is -2.58. The lowest BCUT2D eigenvalue weighted by Crippen LogP contribution is -2.56. The SMILES string of the molecule is Cc1cccc(N2[C@]3(C=CS2(=O)=O)CCN(Cc2ccc(O)c(OC(C)C)c2)[C@@H](C)C3)n1. The number of anilines is 1. The maximum Gasteiger partial charge on any atom is 0.259 e. The number of aromatic hydroxyl groups is 1. The smallest absolute Gasteiger partial charge is 0.259 e. The van der Waals surface area contributed by atoms with Gasteiger partial charge >= 0.3 is 0 Å². The Morgan fingerprint density at radius 1 is 1.28 bits per heavy atom. The number of pyridine rings is 1. The van der Waals surface area contributed by atoms with Crippen molar-refractivity contribution in [1.29, 1.82) is 0 Å². The molecule has 1 aromatic heterocycles. The summed E-state index contributed by atoms with van der Waals surface area (Å²) in [5.41, 5.74) is 1.24. The second kappa shape index (κ2) is 8.41. The van der Waals surface area contributed by atoms with Crippen molar-refractivity contribution in [1.82, 2.24) is 9.88 Å². The van der Waals surface area contributed by atoms with Crippen LogP contribution in [0.25, 0.3) is 0 Å². The van der Waals surface area contributed by atoms with Crippen molar-refractivity contribution in [2.45, 2.75) is 64.8 Å². The Morgan fingerprint density at radius 3 is 2.75 bits per heavy atom. The van der Waals surface area contributed by atoms with E-state index in [9.17, 15) is 13.5 Å². The van der Waals surface area contributed by atoms with Crippen molar-refractivity contribution in [3.05, 3.63) is 59.1 Å². The molecule has 0 saturated carbocycles. The molecule has 2 aliphatic heterocycles. The van der Waals surface area contributed by atoms with Crippen molar-refractivity contribution >= 4 is 15.8 Å². The largest absolute Gasteiger partial charge is 0.504 e. The Balaban J connectivity index is 1.54. The molecule has 3 heterocycles. The van der Waals surface area contributed by atoms with Gasteiger partial charge in [0.05, 0.1) is 11.6 Å². The topological polar surface area (TPSA) is 83.0 Å². The summed E-state index contributed by atoms with van der Waals surface area (Å²) in [6.07, 6.45) is 3.17. The van der Waals surface area contributed by atoms with E-state index in [-0.39, 0.29) is 17.9 Å². The van der Waals surface area contributed by atoms with Crippen molar-refractivity contribution in [2.75, 3.05) is 10.8 Å². The summed E-state index contributed by atoms with van der Waals surface area (Å²) in [5.74, 6) is 1.10. The fourth-order valence-corrected chi connectivity index (χ4v) is 6.35. The van der Waals surface area contributed by atoms with Crippen molar-refractivity contribution in [3.63, 3.8) is 0 Å². The zero-order valence-electron chi connectivity index (χ0n) is 19.0. The highest BCUT2D eigenvalue weighted by molar-refractivity contribution is 7.96. The van der Waals surface area contributed by atoms with E-state index in [2.05, 4.69) is 16.8 Å². The molecule has 0 unspecified atom stereocenters. The van der Waals surface area contributed by atoms with Gasteiger partial charge in [0.25, 0.3) is 10.0 Å². The molecule has 0 bridgehead atoms. The van der Waals surface area contributed by atoms with Crippen LogP contribution in [0.4, 0.5) is 5.82 Å². The number of rotatable bonds is 5. The number of likely N-dealkylation sites (tertiary alicyclic amines) is 1. The second-order valence-electron chi connectivity index (χ2n) is 9.10. The molecule has 1 N–H and O–H groups in total. The third-order valence-corrected chi connectivity index (χ3v) is 7.71. The number of phenolic OH excluding ortho intramolecular Hbond substituents is 1. The quantitative estimate of drug-likeness (QED) is 0.732. The number of nitrogens with zero attached hydrogens (tertiary/aromatic N) is 3. The molecule has 1 aromatic carbocycles. The van der Waals surface area contributed by atoms with Crippen molar-refractivity contribution in [3.8, 4) is 11.5 Å². The van der Waals surface area contributed by atoms with Gasteiger partial charge in [-0.3, -0.25) is 4.90 Å². The number of sulfonamides is 1. The molecule has 0 aliphatic carbocycles. The number of hydrogen-bond acceptors (Lipinski definition) is 6. The summed E-state index contributed by atoms with van der Waals surface area (Å²) in [5, 5.41) is 11.4. The Labute approximate surface area is 190 Å². The van der Waals surface area contributed by atoms with Gasteiger partial charge in [-0.2, -0.15) is 0 Å². The standard InChI is InChI=1S/C24H31N3O4S/c1-17(2)31-22-14-20(8-9-21(22)28)16-26-12-10-24(15-19(26)4)11-13-32(29,30)27(24)23-7-5-6-18(3)25-23/h5-9,11,13-14,17,19,28H,10,12,15-16H2,1-4H3/t19-,24-/m0/s1. The molecular weight excluding hydrogens is 426 g/mol. The Kier molecular flexibility index (Phi) is 5.94. The van der Waals surface area contributed by atoms with Gasteiger partial charge in [-0.25, -0.2) is 17.7 Å². The van der Waals surface area contributed by atoms with Crippen LogP contribution in [-0.4, -0.2) is 47.6 Å². The highest BCUT2D eigenvalue weighted by atomic mass is 32.2. The minimum Gasteiger partial charge on any atom is -0.504 e. The van der Waals surface area contributed by atoms with Gasteiger partial charge in [0.2, 0.25) is 0 Å². The van der Waals surface area contributed by atoms with Crippen LogP contribution in [0.5, 0.6) is 11.5 Å². The first-order valence-electron chi connectivity index (χ1n) is 11.0. The van der Waals surface area contributed by atoms with Gasteiger partial charge in [0, 0.05) is 30.2 Å². The molecule has 0 amide bonds. The second-order valence-corrected chi connectivity index (χ2v) is 10.8. The van der Waals surface area contributed by atoms with Crippen LogP contribution in [0.2, 0.25) is 0 Å². The minimum atomic E-state index is -3.56. The molecule has 0 radical (unpaired) electrons. The van der Waals surface area contributed by atoms with E-state index in [4.69, 9.17) is 4.74 Å². The number of benzene rings is 1. The zero-order valence-corrected chi connectivity index (χ0v) is 19.8. The van der Waals surface area contributed by atoms with E-state index in [1.165, 1.54) is 9.71 Å². The van der Waals surface area contributed by atoms with E-state index in [0.29, 0.717) is 31.0 Å². The summed E-state index contributed by atoms with van der Waals surface area (Å²) in [6.45, 7) is 9.29. The summed E-state index contributed by atoms with van der Waals surface area (Å²) in [7, 11) is -3.56. The lowest BCUT2D eigenvalue weighted by Gasteiger charge is -2.47. The Bertz CT molecular complexity index is 1130. The van der Waals surface area contributed by atoms with Crippen LogP contribution in [0.1, 0.15) is 44.9 Å². The Morgan fingerprint density at radius 2 is 2.06 bits per heavy atom. The number of piperidine rings is 1. The lowest BCUT2D eigenvalue weighted by molar-refractivity contribution is 0.119. The molecule has 2 atom stereocenters. The minimum absolute atomic E-state index is 0.0257. The van der Waals surface area contributed by atoms with E-state index in [1.54, 1.807) is 12.1 Å². The first-order valence-corrected chi connectivity index (χ1v) is 12.5. The summed E-state index contributed by atoms with van der Waals surface area (Å²) < 4.78 is 33.1. The monoisotopic (exact) mass is 457 g/mol. The highest BCUT2D eigenvalue weighted by Gasteiger charge is 2.49. The van der Waals surface area contributed by atoms with E-state index < -0.39 is 15.6 Å². The predicted octanol–water partition coefficient (Wildman–Crippen LogP) is 3.97. The molecule has 1 fully saturated rings. The molecule has 8 heteroatoms. The molecule has 1 saturated heterocycles. The lowest BCUT2D eigenvalue weighted by atomic mass is 9.83. The van der Waals surface area contributed by atoms with Crippen molar-refractivity contribution in [2.24, 2.45) is 0 Å². The predicted molar refractivity (Wildman–Crippen MR) is 125 cm³/mol. The van der Waals surface area contributed by atoms with Gasteiger partial charge in [-0.05, 0) is 76.4 Å². The van der Waals surface area contributed by atoms with Crippen LogP contribution in [0, 0.1) is 6.92 Å². The summed E-state index contributed by atoms with van der Waals surface area (Å²) >= 11 is 0. The summed E-state index contributed by atoms with van der Waals surface area (Å²) in [4.78, 5) is 6.85. The van der Waals surface area contributed by atoms with E-state index in [1.807, 2.05) is 51.1 Å². The number of phenols is 1. The average molecular weight is 458 g/mol. The fourth-order valence-electron chi connectivity index (χ4n) is 4.71. The number of ether oxygens (including phenoxy) is 1. The van der Waals surface area contributed by atoms with Crippen LogP contribution in [0.3, 0.4) is 0 Å². The molecule has 7 nitrogen and oxygen atoms in total. The molecule has 1 spiro atoms. The molecule has 32 heavy (non-hydrogen) atoms. The van der Waals surface area contributed by atoms with Crippen LogP contribution < -0.4 is 9.04 Å². The number of aromatic nitrogens is 1. The van der Waals surface area contributed by atoms with Gasteiger partial charge in [0.15, 0.2) is 11.5 Å². The van der Waals surface area contributed by atoms with Gasteiger partial charge < -0.3 is 9.84 Å². The van der Waals surface area contributed by atoms with Crippen molar-refractivity contribution < 1.29 is 18.3 Å². The first-order chi connectivity index (χ1) is 15.1. The van der Waals surface area contributed by atoms with Crippen LogP contribution in [0.15, 0.2) is 47.9 Å². The molecule has 172 valence electrons. The molecule has 4 rings (SSSR count). The van der Waals surface area contributed by atoms with Gasteiger partial charge in [0.1, 0.15) is 5.82 Å². The van der Waals surface area contributed by atoms with Gasteiger partial charge in [-0.15, -0.1) is 0 Å². The van der Waals surface area contributed by atoms with E-state index >= 15 is 0 Å². The highest BCUT2D eigenvalue weighted by Crippen LogP contribution is 2.43. The fraction of sp³-hybridized carbons (Fsp3) is 0.458. The maximum absolute atomic E-state index is 12.9. The number of hydrogen-bond donors (Lipinski definition) is 1.